The van der Waals surface area contributed by atoms with Crippen molar-refractivity contribution >= 4 is 11.6 Å². The molecule has 2 aliphatic rings. The lowest BCUT2D eigenvalue weighted by Crippen LogP contribution is -2.48. The summed E-state index contributed by atoms with van der Waals surface area (Å²) in [7, 11) is 0. The average molecular weight is 395 g/mol. The molecule has 4 rings (SSSR count). The van der Waals surface area contributed by atoms with E-state index in [1.54, 1.807) is 18.4 Å². The van der Waals surface area contributed by atoms with Gasteiger partial charge in [-0.05, 0) is 62.9 Å². The lowest BCUT2D eigenvalue weighted by molar-refractivity contribution is 0.0931. The predicted molar refractivity (Wildman–Crippen MR) is 117 cm³/mol. The van der Waals surface area contributed by atoms with Crippen LogP contribution >= 0.6 is 0 Å². The van der Waals surface area contributed by atoms with Gasteiger partial charge in [0.2, 0.25) is 0 Å². The van der Waals surface area contributed by atoms with Crippen molar-refractivity contribution in [2.45, 2.75) is 64.3 Å². The Morgan fingerprint density at radius 1 is 1.03 bits per heavy atom. The molecule has 0 N–H and O–H groups in total. The summed E-state index contributed by atoms with van der Waals surface area (Å²) in [5.41, 5.74) is 2.18. The molecule has 1 aromatic heterocycles. The maximum Gasteiger partial charge on any atom is 0.294 e. The van der Waals surface area contributed by atoms with Gasteiger partial charge in [0.15, 0.2) is 5.76 Å². The molecule has 0 spiro atoms. The predicted octanol–water partition coefficient (Wildman–Crippen LogP) is 5.67. The van der Waals surface area contributed by atoms with Crippen molar-refractivity contribution in [3.63, 3.8) is 0 Å². The number of carbonyl (C=O) groups excluding carboxylic acids is 1. The van der Waals surface area contributed by atoms with Gasteiger partial charge in [-0.2, -0.15) is 0 Å². The first kappa shape index (κ1) is 20.2. The largest absolute Gasteiger partial charge is 0.459 e. The van der Waals surface area contributed by atoms with Crippen LogP contribution in [0.15, 0.2) is 47.1 Å². The molecule has 0 unspecified atom stereocenters. The van der Waals surface area contributed by atoms with Gasteiger partial charge in [-0.25, -0.2) is 0 Å². The number of hydrogen-bond acceptors (Lipinski definition) is 3. The van der Waals surface area contributed by atoms with Gasteiger partial charge in [0.05, 0.1) is 6.26 Å². The Kier molecular flexibility index (Phi) is 6.70. The molecular weight excluding hydrogens is 360 g/mol. The van der Waals surface area contributed by atoms with Gasteiger partial charge >= 0.3 is 0 Å². The van der Waals surface area contributed by atoms with Gasteiger partial charge in [0.25, 0.3) is 5.91 Å². The molecule has 1 aliphatic heterocycles. The Morgan fingerprint density at radius 3 is 2.41 bits per heavy atom. The number of amides is 1. The van der Waals surface area contributed by atoms with E-state index >= 15 is 0 Å². The quantitative estimate of drug-likeness (QED) is 0.633. The Morgan fingerprint density at radius 2 is 1.76 bits per heavy atom. The van der Waals surface area contributed by atoms with E-state index in [-0.39, 0.29) is 11.9 Å². The number of hydrogen-bond donors (Lipinski definition) is 0. The van der Waals surface area contributed by atoms with Crippen molar-refractivity contribution in [1.82, 2.24) is 4.90 Å². The highest BCUT2D eigenvalue weighted by atomic mass is 16.3. The van der Waals surface area contributed by atoms with Gasteiger partial charge < -0.3 is 14.2 Å². The van der Waals surface area contributed by atoms with Crippen LogP contribution in [-0.2, 0) is 0 Å². The second-order valence-corrected chi connectivity index (χ2v) is 8.85. The summed E-state index contributed by atoms with van der Waals surface area (Å²) < 4.78 is 5.44. The standard InChI is InChI=1S/C25H34N2O2/c1-20-9-11-22(12-10-20)27(25(28)24-8-5-19-29-24)23-14-17-26(18-15-23)16-13-21-6-3-2-4-7-21/h5,8-12,19,21,23H,2-4,6-7,13-18H2,1H3. The molecule has 29 heavy (non-hydrogen) atoms. The van der Waals surface area contributed by atoms with Crippen molar-refractivity contribution in [2.24, 2.45) is 5.92 Å². The number of rotatable bonds is 6. The minimum atomic E-state index is -0.0282. The molecule has 1 aliphatic carbocycles. The van der Waals surface area contributed by atoms with Crippen LogP contribution in [0.2, 0.25) is 0 Å². The maximum atomic E-state index is 13.2. The number of anilines is 1. The highest BCUT2D eigenvalue weighted by Crippen LogP contribution is 2.29. The number of furan rings is 1. The molecule has 1 saturated heterocycles. The second kappa shape index (κ2) is 9.62. The lowest BCUT2D eigenvalue weighted by atomic mass is 9.87. The Balaban J connectivity index is 1.39. The Hall–Kier alpha value is -2.07. The zero-order valence-corrected chi connectivity index (χ0v) is 17.7. The number of carbonyl (C=O) groups is 1. The summed E-state index contributed by atoms with van der Waals surface area (Å²) in [6, 6.07) is 12.1. The molecule has 2 fully saturated rings. The van der Waals surface area contributed by atoms with Crippen molar-refractivity contribution in [3.05, 3.63) is 54.0 Å². The van der Waals surface area contributed by atoms with E-state index in [0.29, 0.717) is 5.76 Å². The van der Waals surface area contributed by atoms with Crippen LogP contribution in [0, 0.1) is 12.8 Å². The first-order valence-corrected chi connectivity index (χ1v) is 11.4. The van der Waals surface area contributed by atoms with Crippen LogP contribution in [0.25, 0.3) is 0 Å². The van der Waals surface area contributed by atoms with E-state index in [0.717, 1.165) is 37.5 Å². The lowest BCUT2D eigenvalue weighted by Gasteiger charge is -2.38. The first-order valence-electron chi connectivity index (χ1n) is 11.4. The van der Waals surface area contributed by atoms with Gasteiger partial charge in [0.1, 0.15) is 0 Å². The van der Waals surface area contributed by atoms with Crippen molar-refractivity contribution in [1.29, 1.82) is 0 Å². The third-order valence-electron chi connectivity index (χ3n) is 6.76. The van der Waals surface area contributed by atoms with Crippen molar-refractivity contribution in [3.8, 4) is 0 Å². The van der Waals surface area contributed by atoms with Crippen LogP contribution in [0.5, 0.6) is 0 Å². The minimum absolute atomic E-state index is 0.0282. The molecule has 0 bridgehead atoms. The number of benzene rings is 1. The topological polar surface area (TPSA) is 36.7 Å². The van der Waals surface area contributed by atoms with E-state index < -0.39 is 0 Å². The van der Waals surface area contributed by atoms with Gasteiger partial charge in [-0.15, -0.1) is 0 Å². The highest BCUT2D eigenvalue weighted by Gasteiger charge is 2.31. The van der Waals surface area contributed by atoms with Crippen LogP contribution in [0.4, 0.5) is 5.69 Å². The molecule has 2 heterocycles. The molecule has 1 amide bonds. The molecule has 4 nitrogen and oxygen atoms in total. The Bertz CT molecular complexity index is 755. The van der Waals surface area contributed by atoms with Crippen molar-refractivity contribution < 1.29 is 9.21 Å². The van der Waals surface area contributed by atoms with E-state index in [1.165, 1.54) is 50.6 Å². The normalized spacial score (nSPS) is 19.3. The van der Waals surface area contributed by atoms with Crippen LogP contribution in [-0.4, -0.2) is 36.5 Å². The third kappa shape index (κ3) is 5.11. The molecular formula is C25H34N2O2. The fourth-order valence-corrected chi connectivity index (χ4v) is 4.96. The SMILES string of the molecule is Cc1ccc(N(C(=O)c2ccco2)C2CCN(CCC3CCCCC3)CC2)cc1. The molecule has 1 saturated carbocycles. The summed E-state index contributed by atoms with van der Waals surface area (Å²) in [6.07, 6.45) is 12.1. The fourth-order valence-electron chi connectivity index (χ4n) is 4.96. The number of nitrogens with zero attached hydrogens (tertiary/aromatic N) is 2. The second-order valence-electron chi connectivity index (χ2n) is 8.85. The van der Waals surface area contributed by atoms with E-state index in [9.17, 15) is 4.79 Å². The van der Waals surface area contributed by atoms with Crippen LogP contribution in [0.3, 0.4) is 0 Å². The number of aryl methyl sites for hydroxylation is 1. The van der Waals surface area contributed by atoms with Crippen LogP contribution < -0.4 is 4.90 Å². The highest BCUT2D eigenvalue weighted by molar-refractivity contribution is 6.04. The van der Waals surface area contributed by atoms with Gasteiger partial charge in [0, 0.05) is 24.8 Å². The van der Waals surface area contributed by atoms with E-state index in [4.69, 9.17) is 4.42 Å². The monoisotopic (exact) mass is 394 g/mol. The molecule has 2 aromatic rings. The smallest absolute Gasteiger partial charge is 0.294 e. The summed E-state index contributed by atoms with van der Waals surface area (Å²) in [6.45, 7) is 5.44. The van der Waals surface area contributed by atoms with E-state index in [1.807, 2.05) is 4.90 Å². The number of likely N-dealkylation sites (tertiary alicyclic amines) is 1. The van der Waals surface area contributed by atoms with Gasteiger partial charge in [-0.1, -0.05) is 49.8 Å². The maximum absolute atomic E-state index is 13.2. The van der Waals surface area contributed by atoms with E-state index in [2.05, 4.69) is 36.1 Å². The van der Waals surface area contributed by atoms with Gasteiger partial charge in [-0.3, -0.25) is 4.79 Å². The summed E-state index contributed by atoms with van der Waals surface area (Å²) >= 11 is 0. The Labute approximate surface area is 174 Å². The number of piperidine rings is 1. The molecule has 1 aromatic carbocycles. The minimum Gasteiger partial charge on any atom is -0.459 e. The zero-order valence-electron chi connectivity index (χ0n) is 17.7. The third-order valence-corrected chi connectivity index (χ3v) is 6.76. The molecule has 0 radical (unpaired) electrons. The molecule has 4 heteroatoms. The average Bonchev–Trinajstić information content (AvgIpc) is 3.30. The molecule has 0 atom stereocenters. The zero-order chi connectivity index (χ0) is 20.1. The molecule has 156 valence electrons. The summed E-state index contributed by atoms with van der Waals surface area (Å²) in [5, 5.41) is 0. The van der Waals surface area contributed by atoms with Crippen molar-refractivity contribution in [2.75, 3.05) is 24.5 Å². The first-order chi connectivity index (χ1) is 14.2. The van der Waals surface area contributed by atoms with Crippen LogP contribution in [0.1, 0.15) is 67.5 Å². The fraction of sp³-hybridized carbons (Fsp3) is 0.560. The summed E-state index contributed by atoms with van der Waals surface area (Å²) in [4.78, 5) is 17.8. The summed E-state index contributed by atoms with van der Waals surface area (Å²) in [5.74, 6) is 1.33.